The molecule has 134 valence electrons. The van der Waals surface area contributed by atoms with Crippen molar-refractivity contribution in [3.8, 4) is 0 Å². The van der Waals surface area contributed by atoms with Crippen molar-refractivity contribution in [3.63, 3.8) is 0 Å². The molecule has 2 aromatic heterocycles. The van der Waals surface area contributed by atoms with Crippen LogP contribution in [-0.4, -0.2) is 47.6 Å². The second kappa shape index (κ2) is 8.41. The van der Waals surface area contributed by atoms with Gasteiger partial charge in [-0.15, -0.1) is 11.3 Å². The average molecular weight is 358 g/mol. The molecule has 25 heavy (non-hydrogen) atoms. The number of ether oxygens (including phenoxy) is 1. The minimum absolute atomic E-state index is 0.351. The maximum atomic E-state index is 5.92. The lowest BCUT2D eigenvalue weighted by molar-refractivity contribution is 0.0172. The second-order valence-corrected chi connectivity index (χ2v) is 8.27. The summed E-state index contributed by atoms with van der Waals surface area (Å²) in [6, 6.07) is 8.78. The number of thiophene rings is 1. The van der Waals surface area contributed by atoms with Gasteiger partial charge in [0.05, 0.1) is 6.10 Å². The third-order valence-corrected chi connectivity index (χ3v) is 6.31. The minimum atomic E-state index is 0.351. The first-order valence-corrected chi connectivity index (χ1v) is 10.2. The van der Waals surface area contributed by atoms with Crippen LogP contribution in [0.1, 0.15) is 40.7 Å². The molecule has 0 bridgehead atoms. The average Bonchev–Trinajstić information content (AvgIpc) is 3.14. The number of pyridine rings is 1. The molecular weight excluding hydrogens is 330 g/mol. The lowest BCUT2D eigenvalue weighted by Crippen LogP contribution is -2.45. The first-order chi connectivity index (χ1) is 12.4. The molecule has 2 saturated heterocycles. The molecule has 2 aliphatic heterocycles. The van der Waals surface area contributed by atoms with Crippen LogP contribution in [0.25, 0.3) is 0 Å². The van der Waals surface area contributed by atoms with Gasteiger partial charge in [0.1, 0.15) is 0 Å². The van der Waals surface area contributed by atoms with Crippen LogP contribution in [0.3, 0.4) is 0 Å². The predicted molar refractivity (Wildman–Crippen MR) is 102 cm³/mol. The van der Waals surface area contributed by atoms with Gasteiger partial charge >= 0.3 is 0 Å². The van der Waals surface area contributed by atoms with Gasteiger partial charge in [-0.2, -0.15) is 0 Å². The van der Waals surface area contributed by atoms with Crippen molar-refractivity contribution in [2.75, 3.05) is 32.8 Å². The Morgan fingerprint density at radius 1 is 1.04 bits per heavy atom. The molecule has 0 amide bonds. The fourth-order valence-corrected chi connectivity index (χ4v) is 4.83. The van der Waals surface area contributed by atoms with E-state index in [4.69, 9.17) is 4.74 Å². The van der Waals surface area contributed by atoms with Crippen molar-refractivity contribution in [2.45, 2.75) is 38.5 Å². The summed E-state index contributed by atoms with van der Waals surface area (Å²) in [6.45, 7) is 7.59. The van der Waals surface area contributed by atoms with Gasteiger partial charge in [-0.3, -0.25) is 14.8 Å². The van der Waals surface area contributed by atoms with E-state index in [1.807, 2.05) is 29.8 Å². The zero-order valence-electron chi connectivity index (χ0n) is 14.8. The third-order valence-electron chi connectivity index (χ3n) is 5.15. The molecule has 0 radical (unpaired) electrons. The third kappa shape index (κ3) is 4.67. The van der Waals surface area contributed by atoms with Crippen molar-refractivity contribution in [3.05, 3.63) is 52.0 Å². The van der Waals surface area contributed by atoms with Crippen molar-refractivity contribution < 1.29 is 4.74 Å². The molecule has 0 spiro atoms. The van der Waals surface area contributed by atoms with Crippen molar-refractivity contribution in [2.24, 2.45) is 0 Å². The molecule has 0 N–H and O–H groups in total. The molecule has 0 aliphatic carbocycles. The Morgan fingerprint density at radius 2 is 1.88 bits per heavy atom. The largest absolute Gasteiger partial charge is 0.373 e. The SMILES string of the molecule is c1cncc(CN2CCN(Cc3ccc([C@H]4CCCCO4)s3)CC2)c1. The lowest BCUT2D eigenvalue weighted by atomic mass is 10.1. The summed E-state index contributed by atoms with van der Waals surface area (Å²) in [6.07, 6.45) is 7.88. The van der Waals surface area contributed by atoms with Crippen LogP contribution in [0.2, 0.25) is 0 Å². The quantitative estimate of drug-likeness (QED) is 0.816. The highest BCUT2D eigenvalue weighted by atomic mass is 32.1. The Morgan fingerprint density at radius 3 is 2.60 bits per heavy atom. The van der Waals surface area contributed by atoms with Gasteiger partial charge in [0, 0.05) is 68.0 Å². The van der Waals surface area contributed by atoms with E-state index in [-0.39, 0.29) is 0 Å². The first kappa shape index (κ1) is 17.2. The maximum absolute atomic E-state index is 5.92. The van der Waals surface area contributed by atoms with Crippen LogP contribution < -0.4 is 0 Å². The number of hydrogen-bond acceptors (Lipinski definition) is 5. The molecule has 1 atom stereocenters. The molecule has 2 fully saturated rings. The van der Waals surface area contributed by atoms with Crippen LogP contribution in [0.15, 0.2) is 36.7 Å². The standard InChI is InChI=1S/C20H27N3OS/c1-2-13-24-19(5-1)20-7-6-18(25-20)16-23-11-9-22(10-12-23)15-17-4-3-8-21-14-17/h3-4,6-8,14,19H,1-2,5,9-13,15-16H2/t19-/m1/s1. The van der Waals surface area contributed by atoms with Crippen LogP contribution in [-0.2, 0) is 17.8 Å². The van der Waals surface area contributed by atoms with E-state index in [1.165, 1.54) is 34.6 Å². The number of nitrogens with zero attached hydrogens (tertiary/aromatic N) is 3. The van der Waals surface area contributed by atoms with Gasteiger partial charge in [0.15, 0.2) is 0 Å². The fraction of sp³-hybridized carbons (Fsp3) is 0.550. The van der Waals surface area contributed by atoms with E-state index in [0.29, 0.717) is 6.10 Å². The smallest absolute Gasteiger partial charge is 0.0916 e. The monoisotopic (exact) mass is 357 g/mol. The minimum Gasteiger partial charge on any atom is -0.373 e. The summed E-state index contributed by atoms with van der Waals surface area (Å²) in [5, 5.41) is 0. The van der Waals surface area contributed by atoms with Gasteiger partial charge in [0.2, 0.25) is 0 Å². The molecule has 4 heterocycles. The molecule has 4 rings (SSSR count). The van der Waals surface area contributed by atoms with Crippen molar-refractivity contribution in [1.82, 2.24) is 14.8 Å². The summed E-state index contributed by atoms with van der Waals surface area (Å²) in [4.78, 5) is 12.2. The van der Waals surface area contributed by atoms with Gasteiger partial charge in [-0.1, -0.05) is 6.07 Å². The van der Waals surface area contributed by atoms with E-state index in [9.17, 15) is 0 Å². The number of piperazine rings is 1. The van der Waals surface area contributed by atoms with E-state index in [1.54, 1.807) is 0 Å². The molecule has 0 saturated carbocycles. The fourth-order valence-electron chi connectivity index (χ4n) is 3.69. The zero-order chi connectivity index (χ0) is 16.9. The first-order valence-electron chi connectivity index (χ1n) is 9.41. The Hall–Kier alpha value is -1.27. The Balaban J connectivity index is 1.25. The van der Waals surface area contributed by atoms with Crippen LogP contribution in [0, 0.1) is 0 Å². The molecule has 5 heteroatoms. The highest BCUT2D eigenvalue weighted by Crippen LogP contribution is 2.33. The van der Waals surface area contributed by atoms with Gasteiger partial charge in [-0.05, 0) is 43.0 Å². The van der Waals surface area contributed by atoms with E-state index < -0.39 is 0 Å². The highest BCUT2D eigenvalue weighted by molar-refractivity contribution is 7.12. The van der Waals surface area contributed by atoms with Crippen LogP contribution in [0.4, 0.5) is 0 Å². The lowest BCUT2D eigenvalue weighted by Gasteiger charge is -2.34. The summed E-state index contributed by atoms with van der Waals surface area (Å²) in [5.41, 5.74) is 1.31. The van der Waals surface area contributed by atoms with Gasteiger partial charge in [-0.25, -0.2) is 0 Å². The molecule has 2 aromatic rings. The van der Waals surface area contributed by atoms with Gasteiger partial charge in [0.25, 0.3) is 0 Å². The Labute approximate surface area is 154 Å². The zero-order valence-corrected chi connectivity index (χ0v) is 15.6. The molecule has 4 nitrogen and oxygen atoms in total. The highest BCUT2D eigenvalue weighted by Gasteiger charge is 2.20. The van der Waals surface area contributed by atoms with Crippen LogP contribution >= 0.6 is 11.3 Å². The molecule has 0 unspecified atom stereocenters. The number of aromatic nitrogens is 1. The normalized spacial score (nSPS) is 23.0. The van der Waals surface area contributed by atoms with Gasteiger partial charge < -0.3 is 4.74 Å². The molecule has 2 aliphatic rings. The summed E-state index contributed by atoms with van der Waals surface area (Å²) in [7, 11) is 0. The Bertz CT molecular complexity index is 646. The number of rotatable bonds is 5. The molecule has 0 aromatic carbocycles. The summed E-state index contributed by atoms with van der Waals surface area (Å²) in [5.74, 6) is 0. The van der Waals surface area contributed by atoms with E-state index >= 15 is 0 Å². The Kier molecular flexibility index (Phi) is 5.77. The topological polar surface area (TPSA) is 28.6 Å². The predicted octanol–water partition coefficient (Wildman–Crippen LogP) is 3.70. The van der Waals surface area contributed by atoms with Crippen LogP contribution in [0.5, 0.6) is 0 Å². The van der Waals surface area contributed by atoms with Crippen molar-refractivity contribution in [1.29, 1.82) is 0 Å². The number of hydrogen-bond donors (Lipinski definition) is 0. The summed E-state index contributed by atoms with van der Waals surface area (Å²) >= 11 is 1.95. The van der Waals surface area contributed by atoms with E-state index in [2.05, 4.69) is 33.0 Å². The maximum Gasteiger partial charge on any atom is 0.0916 e. The molecular formula is C20H27N3OS. The second-order valence-electron chi connectivity index (χ2n) is 7.07. The van der Waals surface area contributed by atoms with Crippen molar-refractivity contribution >= 4 is 11.3 Å². The summed E-state index contributed by atoms with van der Waals surface area (Å²) < 4.78 is 5.92. The van der Waals surface area contributed by atoms with E-state index in [0.717, 1.165) is 45.9 Å².